The number of aromatic nitrogens is 2. The summed E-state index contributed by atoms with van der Waals surface area (Å²) in [5.74, 6) is -0.539. The van der Waals surface area contributed by atoms with E-state index in [1.54, 1.807) is 6.07 Å². The summed E-state index contributed by atoms with van der Waals surface area (Å²) in [6, 6.07) is 13.4. The van der Waals surface area contributed by atoms with Gasteiger partial charge in [0.2, 0.25) is 5.95 Å². The van der Waals surface area contributed by atoms with Gasteiger partial charge in [-0.1, -0.05) is 18.2 Å². The maximum absolute atomic E-state index is 13.9. The molecule has 0 saturated heterocycles. The van der Waals surface area contributed by atoms with Crippen LogP contribution in [0.25, 0.3) is 0 Å². The predicted octanol–water partition coefficient (Wildman–Crippen LogP) is 5.27. The Morgan fingerprint density at radius 1 is 0.962 bits per heavy atom. The van der Waals surface area contributed by atoms with Crippen molar-refractivity contribution < 1.29 is 8.78 Å². The van der Waals surface area contributed by atoms with Gasteiger partial charge in [0.25, 0.3) is 0 Å². The molecule has 3 rings (SSSR count). The number of nitrogens with zero attached hydrogens (tertiary/aromatic N) is 3. The van der Waals surface area contributed by atoms with Crippen LogP contribution in [-0.2, 0) is 0 Å². The van der Waals surface area contributed by atoms with Crippen LogP contribution in [0.4, 0.5) is 31.9 Å². The molecule has 0 unspecified atom stereocenters. The second-order valence-electron chi connectivity index (χ2n) is 6.00. The number of halogens is 2. The summed E-state index contributed by atoms with van der Waals surface area (Å²) >= 11 is 0. The van der Waals surface area contributed by atoms with E-state index < -0.39 is 11.6 Å². The first-order valence-electron chi connectivity index (χ1n) is 8.39. The lowest BCUT2D eigenvalue weighted by Gasteiger charge is -2.22. The van der Waals surface area contributed by atoms with E-state index in [0.717, 1.165) is 11.3 Å². The Bertz CT molecular complexity index is 907. The van der Waals surface area contributed by atoms with Crippen molar-refractivity contribution in [1.82, 2.24) is 9.97 Å². The van der Waals surface area contributed by atoms with E-state index in [1.165, 1.54) is 18.2 Å². The standard InChI is InChI=1S/C20H20F2N4/c1-4-26(15-8-5-7-13(2)11-15)20-23-14(3)12-18(25-20)24-19-16(21)9-6-10-17(19)22/h5-12H,4H2,1-3H3,(H,23,24,25). The first-order chi connectivity index (χ1) is 12.5. The molecule has 0 fully saturated rings. The number of aryl methyl sites for hydroxylation is 2. The molecular weight excluding hydrogens is 334 g/mol. The first-order valence-corrected chi connectivity index (χ1v) is 8.39. The highest BCUT2D eigenvalue weighted by atomic mass is 19.1. The average molecular weight is 354 g/mol. The smallest absolute Gasteiger partial charge is 0.232 e. The van der Waals surface area contributed by atoms with Crippen molar-refractivity contribution in [3.05, 3.63) is 71.4 Å². The number of rotatable bonds is 5. The van der Waals surface area contributed by atoms with Gasteiger partial charge in [-0.2, -0.15) is 4.98 Å². The summed E-state index contributed by atoms with van der Waals surface area (Å²) in [4.78, 5) is 10.9. The summed E-state index contributed by atoms with van der Waals surface area (Å²) < 4.78 is 27.8. The zero-order valence-corrected chi connectivity index (χ0v) is 14.9. The summed E-state index contributed by atoms with van der Waals surface area (Å²) in [5.41, 5.74) is 2.55. The molecule has 0 amide bonds. The monoisotopic (exact) mass is 354 g/mol. The van der Waals surface area contributed by atoms with E-state index in [1.807, 2.05) is 49.9 Å². The molecule has 6 heteroatoms. The molecule has 134 valence electrons. The van der Waals surface area contributed by atoms with Crippen LogP contribution in [0.1, 0.15) is 18.2 Å². The van der Waals surface area contributed by atoms with E-state index in [0.29, 0.717) is 24.0 Å². The largest absolute Gasteiger partial charge is 0.335 e. The van der Waals surface area contributed by atoms with E-state index in [2.05, 4.69) is 15.3 Å². The van der Waals surface area contributed by atoms with Crippen molar-refractivity contribution >= 4 is 23.1 Å². The maximum atomic E-state index is 13.9. The molecule has 3 aromatic rings. The van der Waals surface area contributed by atoms with Crippen LogP contribution in [0.3, 0.4) is 0 Å². The molecular formula is C20H20F2N4. The minimum atomic E-state index is -0.672. The van der Waals surface area contributed by atoms with Crippen molar-refractivity contribution in [2.24, 2.45) is 0 Å². The highest BCUT2D eigenvalue weighted by Crippen LogP contribution is 2.27. The molecule has 0 radical (unpaired) electrons. The summed E-state index contributed by atoms with van der Waals surface area (Å²) in [6.07, 6.45) is 0. The van der Waals surface area contributed by atoms with Gasteiger partial charge >= 0.3 is 0 Å². The summed E-state index contributed by atoms with van der Waals surface area (Å²) in [7, 11) is 0. The Kier molecular flexibility index (Phi) is 5.11. The minimum Gasteiger partial charge on any atom is -0.335 e. The van der Waals surface area contributed by atoms with Crippen LogP contribution >= 0.6 is 0 Å². The molecule has 1 heterocycles. The van der Waals surface area contributed by atoms with E-state index in [4.69, 9.17) is 0 Å². The second kappa shape index (κ2) is 7.47. The molecule has 0 aliphatic rings. The van der Waals surface area contributed by atoms with E-state index in [-0.39, 0.29) is 5.69 Å². The van der Waals surface area contributed by atoms with Gasteiger partial charge < -0.3 is 10.2 Å². The van der Waals surface area contributed by atoms with Gasteiger partial charge in [0.15, 0.2) is 0 Å². The molecule has 4 nitrogen and oxygen atoms in total. The number of benzene rings is 2. The molecule has 2 aromatic carbocycles. The predicted molar refractivity (Wildman–Crippen MR) is 100 cm³/mol. The van der Waals surface area contributed by atoms with Crippen LogP contribution in [0, 0.1) is 25.5 Å². The van der Waals surface area contributed by atoms with Gasteiger partial charge in [0.1, 0.15) is 23.1 Å². The zero-order valence-electron chi connectivity index (χ0n) is 14.9. The fourth-order valence-corrected chi connectivity index (χ4v) is 2.72. The molecule has 0 bridgehead atoms. The third kappa shape index (κ3) is 3.79. The van der Waals surface area contributed by atoms with Gasteiger partial charge in [-0.3, -0.25) is 0 Å². The molecule has 1 N–H and O–H groups in total. The van der Waals surface area contributed by atoms with Crippen molar-refractivity contribution in [2.75, 3.05) is 16.8 Å². The fraction of sp³-hybridized carbons (Fsp3) is 0.200. The van der Waals surface area contributed by atoms with Gasteiger partial charge in [-0.25, -0.2) is 13.8 Å². The van der Waals surface area contributed by atoms with Gasteiger partial charge in [0, 0.05) is 24.0 Å². The average Bonchev–Trinajstić information content (AvgIpc) is 2.59. The van der Waals surface area contributed by atoms with Crippen molar-refractivity contribution in [1.29, 1.82) is 0 Å². The normalized spacial score (nSPS) is 10.7. The van der Waals surface area contributed by atoms with Crippen LogP contribution in [0.15, 0.2) is 48.5 Å². The van der Waals surface area contributed by atoms with Crippen LogP contribution in [-0.4, -0.2) is 16.5 Å². The highest BCUT2D eigenvalue weighted by molar-refractivity contribution is 5.63. The Morgan fingerprint density at radius 3 is 2.31 bits per heavy atom. The molecule has 0 aliphatic heterocycles. The SMILES string of the molecule is CCN(c1cccc(C)c1)c1nc(C)cc(Nc2c(F)cccc2F)n1. The van der Waals surface area contributed by atoms with Crippen molar-refractivity contribution in [3.63, 3.8) is 0 Å². The Morgan fingerprint density at radius 2 is 1.65 bits per heavy atom. The van der Waals surface area contributed by atoms with Gasteiger partial charge in [0.05, 0.1) is 0 Å². The number of para-hydroxylation sites is 1. The number of nitrogens with one attached hydrogen (secondary N) is 1. The molecule has 1 aromatic heterocycles. The van der Waals surface area contributed by atoms with E-state index in [9.17, 15) is 8.78 Å². The third-order valence-electron chi connectivity index (χ3n) is 3.93. The van der Waals surface area contributed by atoms with Gasteiger partial charge in [-0.05, 0) is 50.6 Å². The Labute approximate surface area is 151 Å². The van der Waals surface area contributed by atoms with Crippen molar-refractivity contribution in [2.45, 2.75) is 20.8 Å². The maximum Gasteiger partial charge on any atom is 0.232 e. The molecule has 0 saturated carbocycles. The second-order valence-corrected chi connectivity index (χ2v) is 6.00. The highest BCUT2D eigenvalue weighted by Gasteiger charge is 2.14. The molecule has 0 atom stereocenters. The lowest BCUT2D eigenvalue weighted by molar-refractivity contribution is 0.590. The molecule has 0 spiro atoms. The third-order valence-corrected chi connectivity index (χ3v) is 3.93. The quantitative estimate of drug-likeness (QED) is 0.677. The number of hydrogen-bond donors (Lipinski definition) is 1. The summed E-state index contributed by atoms with van der Waals surface area (Å²) in [6.45, 7) is 6.48. The topological polar surface area (TPSA) is 41.1 Å². The Hall–Kier alpha value is -3.02. The minimum absolute atomic E-state index is 0.227. The molecule has 0 aliphatic carbocycles. The number of anilines is 4. The molecule has 26 heavy (non-hydrogen) atoms. The van der Waals surface area contributed by atoms with E-state index >= 15 is 0 Å². The lowest BCUT2D eigenvalue weighted by atomic mass is 10.2. The lowest BCUT2D eigenvalue weighted by Crippen LogP contribution is -2.19. The fourth-order valence-electron chi connectivity index (χ4n) is 2.72. The van der Waals surface area contributed by atoms with Crippen LogP contribution in [0.2, 0.25) is 0 Å². The zero-order chi connectivity index (χ0) is 18.7. The Balaban J connectivity index is 1.99. The van der Waals surface area contributed by atoms with Crippen LogP contribution in [0.5, 0.6) is 0 Å². The summed E-state index contributed by atoms with van der Waals surface area (Å²) in [5, 5.41) is 2.74. The van der Waals surface area contributed by atoms with Gasteiger partial charge in [-0.15, -0.1) is 0 Å². The van der Waals surface area contributed by atoms with Crippen LogP contribution < -0.4 is 10.2 Å². The van der Waals surface area contributed by atoms with Crippen molar-refractivity contribution in [3.8, 4) is 0 Å². The first kappa shape index (κ1) is 17.8. The number of hydrogen-bond acceptors (Lipinski definition) is 4.